The number of ether oxygens (including phenoxy) is 1. The molecule has 1 saturated heterocycles. The van der Waals surface area contributed by atoms with E-state index in [2.05, 4.69) is 5.10 Å². The number of rotatable bonds is 7. The summed E-state index contributed by atoms with van der Waals surface area (Å²) in [5.74, 6) is -0.212. The van der Waals surface area contributed by atoms with Crippen molar-refractivity contribution in [2.45, 2.75) is 6.10 Å². The van der Waals surface area contributed by atoms with Crippen LogP contribution < -0.4 is 0 Å². The van der Waals surface area contributed by atoms with E-state index >= 15 is 0 Å². The fourth-order valence-corrected chi connectivity index (χ4v) is 1.98. The minimum absolute atomic E-state index is 0.142. The van der Waals surface area contributed by atoms with Gasteiger partial charge >= 0.3 is 11.9 Å². The molecule has 2 amide bonds. The number of aliphatic hydroxyl groups excluding tert-OH is 1. The molecule has 1 aromatic heterocycles. The average Bonchev–Trinajstić information content (AvgIpc) is 3.06. The fraction of sp³-hybridized carbons (Fsp3) is 0.500. The Bertz CT molecular complexity index is 572. The van der Waals surface area contributed by atoms with Crippen LogP contribution in [0.15, 0.2) is 21.7 Å². The number of hydrazone groups is 1. The van der Waals surface area contributed by atoms with E-state index in [1.54, 1.807) is 0 Å². The van der Waals surface area contributed by atoms with Crippen LogP contribution in [0.4, 0.5) is 10.7 Å². The smallest absolute Gasteiger partial charge is 0.400 e. The van der Waals surface area contributed by atoms with Crippen LogP contribution in [0.3, 0.4) is 0 Å². The Morgan fingerprint density at radius 3 is 3.00 bits per heavy atom. The highest BCUT2D eigenvalue weighted by molar-refractivity contribution is 5.80. The predicted molar refractivity (Wildman–Crippen MR) is 74.5 cm³/mol. The highest BCUT2D eigenvalue weighted by Crippen LogP contribution is 2.15. The van der Waals surface area contributed by atoms with Gasteiger partial charge in [-0.2, -0.15) is 5.10 Å². The van der Waals surface area contributed by atoms with E-state index in [1.807, 2.05) is 0 Å². The number of nitrogens with zero attached hydrogens (tertiary/aromatic N) is 4. The largest absolute Gasteiger partial charge is 0.433 e. The molecule has 1 atom stereocenters. The normalized spacial score (nSPS) is 16.7. The van der Waals surface area contributed by atoms with E-state index in [0.29, 0.717) is 13.1 Å². The lowest BCUT2D eigenvalue weighted by Gasteiger charge is -2.18. The van der Waals surface area contributed by atoms with E-state index in [1.165, 1.54) is 35.4 Å². The zero-order chi connectivity index (χ0) is 16.1. The molecule has 0 aliphatic carbocycles. The monoisotopic (exact) mass is 312 g/mol. The third kappa shape index (κ3) is 3.80. The molecule has 120 valence electrons. The first-order valence-electron chi connectivity index (χ1n) is 6.53. The Hall–Kier alpha value is -2.46. The van der Waals surface area contributed by atoms with Gasteiger partial charge in [0.05, 0.1) is 38.1 Å². The lowest BCUT2D eigenvalue weighted by molar-refractivity contribution is -0.402. The van der Waals surface area contributed by atoms with Gasteiger partial charge in [-0.1, -0.05) is 0 Å². The molecule has 10 heteroatoms. The Kier molecular flexibility index (Phi) is 5.07. The summed E-state index contributed by atoms with van der Waals surface area (Å²) < 4.78 is 9.71. The van der Waals surface area contributed by atoms with Crippen LogP contribution in [0.2, 0.25) is 0 Å². The lowest BCUT2D eigenvalue weighted by Crippen LogP contribution is -2.37. The van der Waals surface area contributed by atoms with Crippen LogP contribution in [0, 0.1) is 10.1 Å². The zero-order valence-corrected chi connectivity index (χ0v) is 11.9. The number of β-amino-alcohol motifs (C(OH)–C–C–N with tert-alkyl or cyclic N) is 1. The second-order valence-electron chi connectivity index (χ2n) is 4.64. The summed E-state index contributed by atoms with van der Waals surface area (Å²) in [6.07, 6.45) is 0.477. The molecule has 0 radical (unpaired) electrons. The summed E-state index contributed by atoms with van der Waals surface area (Å²) in [6.45, 7) is 1.08. The quantitative estimate of drug-likeness (QED) is 0.438. The van der Waals surface area contributed by atoms with E-state index in [-0.39, 0.29) is 24.9 Å². The standard InChI is InChI=1S/C12H16N4O6/c1-21-8-9(17)7-14-4-5-15(12(14)18)13-6-10-2-3-11(22-10)16(19)20/h2-3,6,9,17H,4-5,7-8H2,1H3. The fourth-order valence-electron chi connectivity index (χ4n) is 1.98. The number of aliphatic hydroxyl groups is 1. The summed E-state index contributed by atoms with van der Waals surface area (Å²) >= 11 is 0. The molecular formula is C12H16N4O6. The SMILES string of the molecule is COCC(O)CN1CCN(N=Cc2ccc([N+](=O)[O-])o2)C1=O. The number of amides is 2. The molecule has 1 aromatic rings. The molecule has 1 aliphatic rings. The number of methoxy groups -OCH3 is 1. The summed E-state index contributed by atoms with van der Waals surface area (Å²) in [6, 6.07) is 2.25. The van der Waals surface area contributed by atoms with E-state index in [9.17, 15) is 20.0 Å². The van der Waals surface area contributed by atoms with Crippen molar-refractivity contribution < 1.29 is 24.0 Å². The lowest BCUT2D eigenvalue weighted by atomic mass is 10.3. The van der Waals surface area contributed by atoms with E-state index < -0.39 is 16.9 Å². The average molecular weight is 312 g/mol. The van der Waals surface area contributed by atoms with Crippen LogP contribution in [0.5, 0.6) is 0 Å². The van der Waals surface area contributed by atoms with Crippen molar-refractivity contribution in [1.29, 1.82) is 0 Å². The van der Waals surface area contributed by atoms with Crippen LogP contribution >= 0.6 is 0 Å². The van der Waals surface area contributed by atoms with Crippen molar-refractivity contribution in [3.63, 3.8) is 0 Å². The first-order chi connectivity index (χ1) is 10.5. The summed E-state index contributed by atoms with van der Waals surface area (Å²) in [5, 5.41) is 25.3. The van der Waals surface area contributed by atoms with Crippen molar-refractivity contribution >= 4 is 18.1 Å². The van der Waals surface area contributed by atoms with Crippen LogP contribution in [0.1, 0.15) is 5.76 Å². The summed E-state index contributed by atoms with van der Waals surface area (Å²) in [5.41, 5.74) is 0. The molecule has 22 heavy (non-hydrogen) atoms. The third-order valence-electron chi connectivity index (χ3n) is 2.98. The van der Waals surface area contributed by atoms with Crippen molar-refractivity contribution in [1.82, 2.24) is 9.91 Å². The Balaban J connectivity index is 1.92. The van der Waals surface area contributed by atoms with Crippen LogP contribution in [0.25, 0.3) is 0 Å². The number of carbonyl (C=O) groups excluding carboxylic acids is 1. The first-order valence-corrected chi connectivity index (χ1v) is 6.53. The second-order valence-corrected chi connectivity index (χ2v) is 4.64. The molecular weight excluding hydrogens is 296 g/mol. The van der Waals surface area contributed by atoms with Crippen molar-refractivity contribution in [2.75, 3.05) is 33.4 Å². The summed E-state index contributed by atoms with van der Waals surface area (Å²) in [4.78, 5) is 23.3. The Labute approximate surface area is 125 Å². The molecule has 1 aliphatic heterocycles. The molecule has 0 saturated carbocycles. The molecule has 1 unspecified atom stereocenters. The van der Waals surface area contributed by atoms with Gasteiger partial charge in [-0.05, 0) is 6.07 Å². The molecule has 1 fully saturated rings. The highest BCUT2D eigenvalue weighted by Gasteiger charge is 2.29. The van der Waals surface area contributed by atoms with Crippen molar-refractivity contribution in [3.05, 3.63) is 28.0 Å². The highest BCUT2D eigenvalue weighted by atomic mass is 16.6. The van der Waals surface area contributed by atoms with Crippen LogP contribution in [-0.4, -0.2) is 71.6 Å². The number of hydrogen-bond donors (Lipinski definition) is 1. The zero-order valence-electron chi connectivity index (χ0n) is 11.9. The number of urea groups is 1. The molecule has 10 nitrogen and oxygen atoms in total. The minimum atomic E-state index is -0.759. The third-order valence-corrected chi connectivity index (χ3v) is 2.98. The molecule has 0 spiro atoms. The van der Waals surface area contributed by atoms with Gasteiger partial charge in [-0.25, -0.2) is 9.80 Å². The Morgan fingerprint density at radius 2 is 2.36 bits per heavy atom. The van der Waals surface area contributed by atoms with E-state index in [0.717, 1.165) is 0 Å². The number of carbonyl (C=O) groups is 1. The van der Waals surface area contributed by atoms with Gasteiger partial charge in [-0.3, -0.25) is 10.1 Å². The maximum Gasteiger partial charge on any atom is 0.433 e. The molecule has 0 bridgehead atoms. The number of hydrogen-bond acceptors (Lipinski definition) is 7. The summed E-state index contributed by atoms with van der Waals surface area (Å²) in [7, 11) is 1.47. The van der Waals surface area contributed by atoms with Gasteiger partial charge in [0.25, 0.3) is 0 Å². The van der Waals surface area contributed by atoms with Gasteiger partial charge in [-0.15, -0.1) is 0 Å². The van der Waals surface area contributed by atoms with Gasteiger partial charge in [0.1, 0.15) is 4.92 Å². The van der Waals surface area contributed by atoms with E-state index in [4.69, 9.17) is 9.15 Å². The molecule has 2 heterocycles. The second kappa shape index (κ2) is 7.00. The number of furan rings is 1. The van der Waals surface area contributed by atoms with Crippen molar-refractivity contribution in [3.8, 4) is 0 Å². The topological polar surface area (TPSA) is 122 Å². The van der Waals surface area contributed by atoms with Crippen molar-refractivity contribution in [2.24, 2.45) is 5.10 Å². The maximum atomic E-state index is 12.0. The minimum Gasteiger partial charge on any atom is -0.400 e. The molecule has 0 aromatic carbocycles. The van der Waals surface area contributed by atoms with Gasteiger partial charge in [0, 0.05) is 13.7 Å². The molecule has 2 rings (SSSR count). The predicted octanol–water partition coefficient (Wildman–Crippen LogP) is 0.267. The first kappa shape index (κ1) is 15.9. The molecule has 1 N–H and O–H groups in total. The van der Waals surface area contributed by atoms with Gasteiger partial charge in [0.2, 0.25) is 0 Å². The Morgan fingerprint density at radius 1 is 1.59 bits per heavy atom. The van der Waals surface area contributed by atoms with Gasteiger partial charge in [0.15, 0.2) is 5.76 Å². The van der Waals surface area contributed by atoms with Gasteiger partial charge < -0.3 is 19.2 Å². The maximum absolute atomic E-state index is 12.0. The van der Waals surface area contributed by atoms with Crippen LogP contribution in [-0.2, 0) is 4.74 Å². The number of nitro groups is 1.